The van der Waals surface area contributed by atoms with E-state index in [9.17, 15) is 0 Å². The molecule has 0 aromatic rings. The maximum Gasteiger partial charge on any atom is -0.0353 e. The van der Waals surface area contributed by atoms with Gasteiger partial charge in [-0.05, 0) is 18.8 Å². The highest BCUT2D eigenvalue weighted by Crippen LogP contribution is 2.19. The van der Waals surface area contributed by atoms with Gasteiger partial charge in [0.2, 0.25) is 0 Å². The molecule has 0 aliphatic carbocycles. The van der Waals surface area contributed by atoms with Crippen molar-refractivity contribution in [2.45, 2.75) is 71.6 Å². The summed E-state index contributed by atoms with van der Waals surface area (Å²) < 4.78 is 0. The summed E-state index contributed by atoms with van der Waals surface area (Å²) in [5, 5.41) is 0. The molecule has 0 rings (SSSR count). The van der Waals surface area contributed by atoms with E-state index in [0.717, 1.165) is 5.92 Å². The van der Waals surface area contributed by atoms with E-state index >= 15 is 0 Å². The summed E-state index contributed by atoms with van der Waals surface area (Å²) in [6.45, 7) is 8.37. The molecule has 0 spiro atoms. The Balaban J connectivity index is 3.19. The first-order valence-electron chi connectivity index (χ1n) is 6.46. The monoisotopic (exact) mass is 196 g/mol. The van der Waals surface area contributed by atoms with Gasteiger partial charge in [-0.3, -0.25) is 0 Å². The first-order valence-corrected chi connectivity index (χ1v) is 6.46. The predicted molar refractivity (Wildman–Crippen MR) is 66.6 cm³/mol. The van der Waals surface area contributed by atoms with Gasteiger partial charge in [0.15, 0.2) is 0 Å². The van der Waals surface area contributed by atoms with Gasteiger partial charge in [-0.15, -0.1) is 6.58 Å². The average molecular weight is 196 g/mol. The van der Waals surface area contributed by atoms with Crippen LogP contribution >= 0.6 is 0 Å². The molecule has 0 heterocycles. The molecular weight excluding hydrogens is 168 g/mol. The molecule has 0 radical (unpaired) electrons. The van der Waals surface area contributed by atoms with Crippen LogP contribution < -0.4 is 0 Å². The largest absolute Gasteiger partial charge is 0.103 e. The molecule has 0 aromatic heterocycles. The van der Waals surface area contributed by atoms with Crippen molar-refractivity contribution in [1.29, 1.82) is 0 Å². The number of rotatable bonds is 10. The second-order valence-electron chi connectivity index (χ2n) is 4.34. The van der Waals surface area contributed by atoms with Crippen LogP contribution in [0, 0.1) is 5.92 Å². The minimum atomic E-state index is 0.999. The van der Waals surface area contributed by atoms with E-state index in [0.29, 0.717) is 0 Å². The lowest BCUT2D eigenvalue weighted by atomic mass is 9.94. The SMILES string of the molecule is C=CCCCCCCC(CC)CCC. The summed E-state index contributed by atoms with van der Waals surface area (Å²) in [4.78, 5) is 0. The van der Waals surface area contributed by atoms with E-state index in [1.165, 1.54) is 57.8 Å². The van der Waals surface area contributed by atoms with E-state index in [1.54, 1.807) is 0 Å². The Labute approximate surface area is 90.8 Å². The quantitative estimate of drug-likeness (QED) is 0.327. The van der Waals surface area contributed by atoms with Crippen molar-refractivity contribution < 1.29 is 0 Å². The Kier molecular flexibility index (Phi) is 10.6. The number of unbranched alkanes of at least 4 members (excludes halogenated alkanes) is 4. The summed E-state index contributed by atoms with van der Waals surface area (Å²) in [6.07, 6.45) is 14.5. The average Bonchev–Trinajstić information content (AvgIpc) is 2.21. The zero-order valence-electron chi connectivity index (χ0n) is 10.2. The van der Waals surface area contributed by atoms with Gasteiger partial charge in [-0.2, -0.15) is 0 Å². The first kappa shape index (κ1) is 13.7. The molecule has 0 saturated heterocycles. The summed E-state index contributed by atoms with van der Waals surface area (Å²) in [7, 11) is 0. The van der Waals surface area contributed by atoms with Crippen LogP contribution in [0.15, 0.2) is 12.7 Å². The standard InChI is InChI=1S/C14H28/c1-4-7-8-9-10-11-13-14(6-3)12-5-2/h4,14H,1,5-13H2,2-3H3. The van der Waals surface area contributed by atoms with Crippen LogP contribution in [-0.2, 0) is 0 Å². The van der Waals surface area contributed by atoms with E-state index in [1.807, 2.05) is 6.08 Å². The molecule has 0 N–H and O–H groups in total. The van der Waals surface area contributed by atoms with Crippen LogP contribution in [0.5, 0.6) is 0 Å². The van der Waals surface area contributed by atoms with Gasteiger partial charge in [0.05, 0.1) is 0 Å². The van der Waals surface area contributed by atoms with Gasteiger partial charge < -0.3 is 0 Å². The van der Waals surface area contributed by atoms with E-state index < -0.39 is 0 Å². The molecule has 1 atom stereocenters. The highest BCUT2D eigenvalue weighted by molar-refractivity contribution is 4.65. The molecule has 84 valence electrons. The second kappa shape index (κ2) is 10.8. The third kappa shape index (κ3) is 8.34. The Hall–Kier alpha value is -0.260. The van der Waals surface area contributed by atoms with Gasteiger partial charge in [-0.25, -0.2) is 0 Å². The maximum atomic E-state index is 3.74. The molecule has 0 aliphatic rings. The zero-order valence-corrected chi connectivity index (χ0v) is 10.2. The van der Waals surface area contributed by atoms with Gasteiger partial charge in [0.25, 0.3) is 0 Å². The van der Waals surface area contributed by atoms with Crippen LogP contribution in [0.4, 0.5) is 0 Å². The molecule has 0 bridgehead atoms. The summed E-state index contributed by atoms with van der Waals surface area (Å²) >= 11 is 0. The maximum absolute atomic E-state index is 3.74. The molecule has 0 heteroatoms. The fourth-order valence-corrected chi connectivity index (χ4v) is 2.04. The van der Waals surface area contributed by atoms with Gasteiger partial charge in [0, 0.05) is 0 Å². The lowest BCUT2D eigenvalue weighted by molar-refractivity contribution is 0.409. The molecular formula is C14H28. The summed E-state index contributed by atoms with van der Waals surface area (Å²) in [5.74, 6) is 0.999. The highest BCUT2D eigenvalue weighted by Gasteiger charge is 2.03. The van der Waals surface area contributed by atoms with Crippen molar-refractivity contribution in [3.63, 3.8) is 0 Å². The molecule has 0 aromatic carbocycles. The van der Waals surface area contributed by atoms with E-state index in [4.69, 9.17) is 0 Å². The van der Waals surface area contributed by atoms with Crippen LogP contribution in [0.25, 0.3) is 0 Å². The molecule has 0 nitrogen and oxygen atoms in total. The van der Waals surface area contributed by atoms with Crippen molar-refractivity contribution in [3.8, 4) is 0 Å². The molecule has 1 unspecified atom stereocenters. The van der Waals surface area contributed by atoms with E-state index in [2.05, 4.69) is 20.4 Å². The van der Waals surface area contributed by atoms with Crippen molar-refractivity contribution in [1.82, 2.24) is 0 Å². The minimum Gasteiger partial charge on any atom is -0.103 e. The van der Waals surface area contributed by atoms with Gasteiger partial charge in [0.1, 0.15) is 0 Å². The van der Waals surface area contributed by atoms with Crippen LogP contribution in [0.2, 0.25) is 0 Å². The lowest BCUT2D eigenvalue weighted by Crippen LogP contribution is -1.97. The first-order chi connectivity index (χ1) is 6.85. The molecule has 0 amide bonds. The van der Waals surface area contributed by atoms with E-state index in [-0.39, 0.29) is 0 Å². The van der Waals surface area contributed by atoms with Gasteiger partial charge in [-0.1, -0.05) is 64.9 Å². The molecule has 0 aliphatic heterocycles. The van der Waals surface area contributed by atoms with Crippen molar-refractivity contribution in [2.24, 2.45) is 5.92 Å². The highest BCUT2D eigenvalue weighted by atomic mass is 14.1. The number of allylic oxidation sites excluding steroid dienone is 1. The van der Waals surface area contributed by atoms with Crippen molar-refractivity contribution in [3.05, 3.63) is 12.7 Å². The molecule has 0 saturated carbocycles. The predicted octanol–water partition coefficient (Wildman–Crippen LogP) is 5.34. The van der Waals surface area contributed by atoms with Crippen LogP contribution in [0.3, 0.4) is 0 Å². The third-order valence-electron chi connectivity index (χ3n) is 3.04. The molecule has 14 heavy (non-hydrogen) atoms. The Morgan fingerprint density at radius 1 is 1.00 bits per heavy atom. The fraction of sp³-hybridized carbons (Fsp3) is 0.857. The fourth-order valence-electron chi connectivity index (χ4n) is 2.04. The third-order valence-corrected chi connectivity index (χ3v) is 3.04. The van der Waals surface area contributed by atoms with Crippen molar-refractivity contribution >= 4 is 0 Å². The smallest absolute Gasteiger partial charge is 0.0353 e. The summed E-state index contributed by atoms with van der Waals surface area (Å²) in [5.41, 5.74) is 0. The zero-order chi connectivity index (χ0) is 10.6. The van der Waals surface area contributed by atoms with Crippen LogP contribution in [-0.4, -0.2) is 0 Å². The molecule has 0 fully saturated rings. The minimum absolute atomic E-state index is 0.999. The van der Waals surface area contributed by atoms with Gasteiger partial charge >= 0.3 is 0 Å². The Bertz CT molecular complexity index is 115. The van der Waals surface area contributed by atoms with Crippen LogP contribution in [0.1, 0.15) is 71.6 Å². The Morgan fingerprint density at radius 3 is 2.29 bits per heavy atom. The van der Waals surface area contributed by atoms with Crippen molar-refractivity contribution in [2.75, 3.05) is 0 Å². The lowest BCUT2D eigenvalue weighted by Gasteiger charge is -2.12. The Morgan fingerprint density at radius 2 is 1.71 bits per heavy atom. The normalized spacial score (nSPS) is 12.7. The number of hydrogen-bond acceptors (Lipinski definition) is 0. The second-order valence-corrected chi connectivity index (χ2v) is 4.34. The number of hydrogen-bond donors (Lipinski definition) is 0. The topological polar surface area (TPSA) is 0 Å². The summed E-state index contributed by atoms with van der Waals surface area (Å²) in [6, 6.07) is 0.